The number of rotatable bonds is 4. The number of carbonyl (C=O) groups excluding carboxylic acids is 1. The Labute approximate surface area is 124 Å². The number of nitro benzene ring substituents is 1. The van der Waals surface area contributed by atoms with E-state index in [1.54, 1.807) is 24.1 Å². The Bertz CT molecular complexity index is 533. The lowest BCUT2D eigenvalue weighted by Crippen LogP contribution is -2.38. The molecule has 2 unspecified atom stereocenters. The SMILES string of the molecule is CN(Cc1cccc([N+](=O)[O-])c1)C(=O)C1CCCC(N)C1. The zero-order chi connectivity index (χ0) is 15.4. The molecule has 0 radical (unpaired) electrons. The van der Waals surface area contributed by atoms with Crippen LogP contribution in [0.15, 0.2) is 24.3 Å². The second-order valence-corrected chi connectivity index (χ2v) is 5.74. The smallest absolute Gasteiger partial charge is 0.269 e. The van der Waals surface area contributed by atoms with Gasteiger partial charge in [-0.25, -0.2) is 0 Å². The van der Waals surface area contributed by atoms with Gasteiger partial charge in [-0.2, -0.15) is 0 Å². The Morgan fingerprint density at radius 1 is 1.48 bits per heavy atom. The maximum atomic E-state index is 12.4. The van der Waals surface area contributed by atoms with Crippen LogP contribution < -0.4 is 5.73 Å². The van der Waals surface area contributed by atoms with Crippen molar-refractivity contribution in [3.63, 3.8) is 0 Å². The van der Waals surface area contributed by atoms with E-state index >= 15 is 0 Å². The van der Waals surface area contributed by atoms with Crippen molar-refractivity contribution in [3.05, 3.63) is 39.9 Å². The summed E-state index contributed by atoms with van der Waals surface area (Å²) in [5.74, 6) is 0.0640. The van der Waals surface area contributed by atoms with Crippen LogP contribution in [0.3, 0.4) is 0 Å². The highest BCUT2D eigenvalue weighted by Gasteiger charge is 2.27. The summed E-state index contributed by atoms with van der Waals surface area (Å²) in [6.07, 6.45) is 3.59. The Balaban J connectivity index is 2.00. The number of nitro groups is 1. The van der Waals surface area contributed by atoms with Crippen LogP contribution in [0, 0.1) is 16.0 Å². The summed E-state index contributed by atoms with van der Waals surface area (Å²) in [6, 6.07) is 6.51. The Kier molecular flexibility index (Phi) is 4.90. The van der Waals surface area contributed by atoms with E-state index in [4.69, 9.17) is 5.73 Å². The van der Waals surface area contributed by atoms with Crippen molar-refractivity contribution < 1.29 is 9.72 Å². The predicted octanol–water partition coefficient (Wildman–Crippen LogP) is 2.07. The van der Waals surface area contributed by atoms with Gasteiger partial charge in [0.25, 0.3) is 5.69 Å². The van der Waals surface area contributed by atoms with Gasteiger partial charge in [-0.15, -0.1) is 0 Å². The van der Waals surface area contributed by atoms with Gasteiger partial charge in [-0.3, -0.25) is 14.9 Å². The van der Waals surface area contributed by atoms with E-state index in [1.165, 1.54) is 12.1 Å². The number of nitrogens with two attached hydrogens (primary N) is 1. The average Bonchev–Trinajstić information content (AvgIpc) is 2.46. The standard InChI is InChI=1S/C15H21N3O3/c1-17(15(19)12-5-3-6-13(16)9-12)10-11-4-2-7-14(8-11)18(20)21/h2,4,7-8,12-13H,3,5-6,9-10,16H2,1H3. The molecular formula is C15H21N3O3. The van der Waals surface area contributed by atoms with E-state index in [1.807, 2.05) is 0 Å². The van der Waals surface area contributed by atoms with Gasteiger partial charge in [0.1, 0.15) is 0 Å². The first-order chi connectivity index (χ1) is 9.97. The molecule has 0 heterocycles. The van der Waals surface area contributed by atoms with Gasteiger partial charge in [0.15, 0.2) is 0 Å². The van der Waals surface area contributed by atoms with Crippen molar-refractivity contribution >= 4 is 11.6 Å². The molecule has 1 aromatic carbocycles. The first kappa shape index (κ1) is 15.4. The number of hydrogen-bond donors (Lipinski definition) is 1. The highest BCUT2D eigenvalue weighted by atomic mass is 16.6. The number of hydrogen-bond acceptors (Lipinski definition) is 4. The molecule has 0 spiro atoms. The van der Waals surface area contributed by atoms with Gasteiger partial charge in [-0.05, 0) is 24.8 Å². The molecule has 21 heavy (non-hydrogen) atoms. The van der Waals surface area contributed by atoms with Crippen LogP contribution in [0.1, 0.15) is 31.2 Å². The molecule has 2 rings (SSSR count). The molecule has 0 aromatic heterocycles. The molecular weight excluding hydrogens is 270 g/mol. The van der Waals surface area contributed by atoms with Crippen LogP contribution in [0.2, 0.25) is 0 Å². The van der Waals surface area contributed by atoms with Crippen molar-refractivity contribution in [1.29, 1.82) is 0 Å². The number of carbonyl (C=O) groups is 1. The maximum Gasteiger partial charge on any atom is 0.269 e. The van der Waals surface area contributed by atoms with Crippen molar-refractivity contribution in [1.82, 2.24) is 4.90 Å². The van der Waals surface area contributed by atoms with Gasteiger partial charge in [0.2, 0.25) is 5.91 Å². The number of nitrogens with zero attached hydrogens (tertiary/aromatic N) is 2. The summed E-state index contributed by atoms with van der Waals surface area (Å²) in [7, 11) is 1.74. The van der Waals surface area contributed by atoms with Crippen LogP contribution in [0.5, 0.6) is 0 Å². The number of amides is 1. The normalized spacial score (nSPS) is 21.8. The van der Waals surface area contributed by atoms with E-state index in [9.17, 15) is 14.9 Å². The van der Waals surface area contributed by atoms with E-state index in [-0.39, 0.29) is 23.6 Å². The third-order valence-corrected chi connectivity index (χ3v) is 3.98. The molecule has 1 aliphatic rings. The molecule has 1 aliphatic carbocycles. The minimum atomic E-state index is -0.425. The molecule has 0 aliphatic heterocycles. The number of non-ortho nitro benzene ring substituents is 1. The monoisotopic (exact) mass is 291 g/mol. The zero-order valence-electron chi connectivity index (χ0n) is 12.2. The summed E-state index contributed by atoms with van der Waals surface area (Å²) in [5.41, 5.74) is 6.74. The van der Waals surface area contributed by atoms with Gasteiger partial charge < -0.3 is 10.6 Å². The van der Waals surface area contributed by atoms with Crippen LogP contribution in [-0.4, -0.2) is 28.8 Å². The molecule has 1 amide bonds. The van der Waals surface area contributed by atoms with E-state index < -0.39 is 4.92 Å². The van der Waals surface area contributed by atoms with Crippen LogP contribution in [0.25, 0.3) is 0 Å². The van der Waals surface area contributed by atoms with Gasteiger partial charge in [0, 0.05) is 37.7 Å². The van der Waals surface area contributed by atoms with Crippen molar-refractivity contribution in [2.75, 3.05) is 7.05 Å². The first-order valence-electron chi connectivity index (χ1n) is 7.21. The highest BCUT2D eigenvalue weighted by Crippen LogP contribution is 2.25. The molecule has 0 bridgehead atoms. The third-order valence-electron chi connectivity index (χ3n) is 3.98. The Hall–Kier alpha value is -1.95. The molecule has 114 valence electrons. The summed E-state index contributed by atoms with van der Waals surface area (Å²) in [5, 5.41) is 10.8. The zero-order valence-corrected chi connectivity index (χ0v) is 12.2. The van der Waals surface area contributed by atoms with Gasteiger partial charge in [-0.1, -0.05) is 18.6 Å². The topological polar surface area (TPSA) is 89.5 Å². The van der Waals surface area contributed by atoms with E-state index in [0.717, 1.165) is 31.2 Å². The predicted molar refractivity (Wildman–Crippen MR) is 79.5 cm³/mol. The highest BCUT2D eigenvalue weighted by molar-refractivity contribution is 5.78. The Morgan fingerprint density at radius 2 is 2.24 bits per heavy atom. The fourth-order valence-electron chi connectivity index (χ4n) is 2.88. The molecule has 2 atom stereocenters. The second kappa shape index (κ2) is 6.67. The molecule has 0 saturated heterocycles. The maximum absolute atomic E-state index is 12.4. The quantitative estimate of drug-likeness (QED) is 0.679. The fourth-order valence-corrected chi connectivity index (χ4v) is 2.88. The van der Waals surface area contributed by atoms with Gasteiger partial charge >= 0.3 is 0 Å². The summed E-state index contributed by atoms with van der Waals surface area (Å²) in [6.45, 7) is 0.381. The average molecular weight is 291 g/mol. The van der Waals surface area contributed by atoms with Crippen molar-refractivity contribution in [2.24, 2.45) is 11.7 Å². The minimum Gasteiger partial charge on any atom is -0.341 e. The summed E-state index contributed by atoms with van der Waals surface area (Å²) >= 11 is 0. The largest absolute Gasteiger partial charge is 0.341 e. The fraction of sp³-hybridized carbons (Fsp3) is 0.533. The summed E-state index contributed by atoms with van der Waals surface area (Å²) < 4.78 is 0. The third kappa shape index (κ3) is 4.01. The molecule has 1 aromatic rings. The summed E-state index contributed by atoms with van der Waals surface area (Å²) in [4.78, 5) is 24.4. The number of benzene rings is 1. The molecule has 2 N–H and O–H groups in total. The van der Waals surface area contributed by atoms with Crippen molar-refractivity contribution in [2.45, 2.75) is 38.3 Å². The van der Waals surface area contributed by atoms with Gasteiger partial charge in [0.05, 0.1) is 4.92 Å². The lowest BCUT2D eigenvalue weighted by molar-refractivity contribution is -0.384. The van der Waals surface area contributed by atoms with Crippen LogP contribution in [0.4, 0.5) is 5.69 Å². The molecule has 1 fully saturated rings. The van der Waals surface area contributed by atoms with Crippen LogP contribution >= 0.6 is 0 Å². The van der Waals surface area contributed by atoms with E-state index in [2.05, 4.69) is 0 Å². The molecule has 6 nitrogen and oxygen atoms in total. The molecule has 1 saturated carbocycles. The van der Waals surface area contributed by atoms with Crippen LogP contribution in [-0.2, 0) is 11.3 Å². The second-order valence-electron chi connectivity index (χ2n) is 5.74. The molecule has 6 heteroatoms. The first-order valence-corrected chi connectivity index (χ1v) is 7.21. The Morgan fingerprint density at radius 3 is 2.90 bits per heavy atom. The van der Waals surface area contributed by atoms with Crippen molar-refractivity contribution in [3.8, 4) is 0 Å². The minimum absolute atomic E-state index is 0.0163. The lowest BCUT2D eigenvalue weighted by atomic mass is 9.85. The van der Waals surface area contributed by atoms with E-state index in [0.29, 0.717) is 6.54 Å². The lowest BCUT2D eigenvalue weighted by Gasteiger charge is -2.29.